The number of aromatic nitrogens is 2. The molecule has 0 spiro atoms. The van der Waals surface area contributed by atoms with Gasteiger partial charge >= 0.3 is 0 Å². The van der Waals surface area contributed by atoms with Gasteiger partial charge in [-0.25, -0.2) is 4.98 Å². The fraction of sp³-hybridized carbons (Fsp3) is 0.250. The summed E-state index contributed by atoms with van der Waals surface area (Å²) in [5.41, 5.74) is 0. The van der Waals surface area contributed by atoms with Crippen molar-refractivity contribution in [2.24, 2.45) is 0 Å². The first-order valence-corrected chi connectivity index (χ1v) is 6.11. The third kappa shape index (κ3) is 2.33. The molecule has 2 aromatic rings. The number of thiophene rings is 1. The van der Waals surface area contributed by atoms with Gasteiger partial charge in [0.05, 0.1) is 6.04 Å². The van der Waals surface area contributed by atoms with Gasteiger partial charge < -0.3 is 9.88 Å². The Morgan fingerprint density at radius 2 is 2.56 bits per heavy atom. The molecule has 0 amide bonds. The second kappa shape index (κ2) is 4.99. The van der Waals surface area contributed by atoms with Crippen LogP contribution in [0, 0.1) is 0 Å². The zero-order valence-electron chi connectivity index (χ0n) is 9.26. The minimum atomic E-state index is 0.283. The zero-order chi connectivity index (χ0) is 11.4. The van der Waals surface area contributed by atoms with Crippen molar-refractivity contribution in [1.29, 1.82) is 0 Å². The first-order chi connectivity index (χ1) is 7.81. The Labute approximate surface area is 99.5 Å². The number of nitrogens with one attached hydrogen (secondary N) is 1. The average molecular weight is 233 g/mol. The first-order valence-electron chi connectivity index (χ1n) is 5.23. The quantitative estimate of drug-likeness (QED) is 0.803. The lowest BCUT2D eigenvalue weighted by Crippen LogP contribution is -2.10. The Bertz CT molecular complexity index is 445. The highest BCUT2D eigenvalue weighted by atomic mass is 32.1. The Balaban J connectivity index is 2.08. The highest BCUT2D eigenvalue weighted by molar-refractivity contribution is 7.10. The predicted octanol–water partition coefficient (Wildman–Crippen LogP) is 3.30. The van der Waals surface area contributed by atoms with Crippen LogP contribution in [0.1, 0.15) is 17.8 Å². The molecule has 0 aliphatic heterocycles. The average Bonchev–Trinajstić information content (AvgIpc) is 2.90. The monoisotopic (exact) mass is 233 g/mol. The van der Waals surface area contributed by atoms with Crippen LogP contribution in [0.25, 0.3) is 0 Å². The largest absolute Gasteiger partial charge is 0.348 e. The lowest BCUT2D eigenvalue weighted by atomic mass is 10.3. The summed E-state index contributed by atoms with van der Waals surface area (Å²) in [5.74, 6) is 0.890. The molecule has 2 heterocycles. The van der Waals surface area contributed by atoms with Crippen LogP contribution in [-0.4, -0.2) is 9.55 Å². The molecule has 1 atom stereocenters. The van der Waals surface area contributed by atoms with Crippen molar-refractivity contribution in [3.8, 4) is 0 Å². The number of hydrogen-bond donors (Lipinski definition) is 1. The van der Waals surface area contributed by atoms with E-state index in [1.165, 1.54) is 4.88 Å². The van der Waals surface area contributed by atoms with Gasteiger partial charge in [-0.1, -0.05) is 12.1 Å². The lowest BCUT2D eigenvalue weighted by Gasteiger charge is -2.13. The maximum absolute atomic E-state index is 4.29. The van der Waals surface area contributed by atoms with Crippen LogP contribution in [0.2, 0.25) is 0 Å². The number of anilines is 1. The van der Waals surface area contributed by atoms with E-state index in [0.717, 1.165) is 12.5 Å². The maximum Gasteiger partial charge on any atom is 0.203 e. The van der Waals surface area contributed by atoms with Gasteiger partial charge in [-0.3, -0.25) is 0 Å². The van der Waals surface area contributed by atoms with Gasteiger partial charge in [0.15, 0.2) is 0 Å². The van der Waals surface area contributed by atoms with Gasteiger partial charge in [0.2, 0.25) is 5.95 Å². The fourth-order valence-electron chi connectivity index (χ4n) is 1.54. The molecule has 1 unspecified atom stereocenters. The number of allylic oxidation sites excluding steroid dienone is 1. The molecule has 0 bridgehead atoms. The van der Waals surface area contributed by atoms with Crippen molar-refractivity contribution in [3.05, 3.63) is 47.4 Å². The van der Waals surface area contributed by atoms with Crippen LogP contribution in [-0.2, 0) is 6.54 Å². The van der Waals surface area contributed by atoms with Gasteiger partial charge in [-0.05, 0) is 18.4 Å². The predicted molar refractivity (Wildman–Crippen MR) is 68.8 cm³/mol. The van der Waals surface area contributed by atoms with Gasteiger partial charge in [0.1, 0.15) is 0 Å². The molecule has 0 aliphatic rings. The molecule has 16 heavy (non-hydrogen) atoms. The molecule has 3 nitrogen and oxygen atoms in total. The van der Waals surface area contributed by atoms with Crippen molar-refractivity contribution < 1.29 is 0 Å². The van der Waals surface area contributed by atoms with Gasteiger partial charge in [-0.2, -0.15) is 0 Å². The summed E-state index contributed by atoms with van der Waals surface area (Å²) in [6.45, 7) is 6.65. The molecule has 0 saturated carbocycles. The van der Waals surface area contributed by atoms with E-state index in [0.29, 0.717) is 0 Å². The standard InChI is InChI=1S/C12H15N3S/c1-3-7-15-8-6-13-12(15)14-10(2)11-5-4-9-16-11/h3-6,8-10H,1,7H2,2H3,(H,13,14). The van der Waals surface area contributed by atoms with Crippen molar-refractivity contribution in [2.45, 2.75) is 19.5 Å². The van der Waals surface area contributed by atoms with Gasteiger partial charge in [-0.15, -0.1) is 17.9 Å². The van der Waals surface area contributed by atoms with Gasteiger partial charge in [0.25, 0.3) is 0 Å². The van der Waals surface area contributed by atoms with Crippen LogP contribution >= 0.6 is 11.3 Å². The zero-order valence-corrected chi connectivity index (χ0v) is 10.1. The molecular formula is C12H15N3S. The molecular weight excluding hydrogens is 218 g/mol. The van der Waals surface area contributed by atoms with Crippen LogP contribution in [0.4, 0.5) is 5.95 Å². The topological polar surface area (TPSA) is 29.9 Å². The second-order valence-electron chi connectivity index (χ2n) is 3.57. The fourth-order valence-corrected chi connectivity index (χ4v) is 2.27. The number of imidazole rings is 1. The Hall–Kier alpha value is -1.55. The summed E-state index contributed by atoms with van der Waals surface area (Å²) in [4.78, 5) is 5.61. The molecule has 0 aromatic carbocycles. The molecule has 2 aromatic heterocycles. The van der Waals surface area contributed by atoms with E-state index >= 15 is 0 Å². The van der Waals surface area contributed by atoms with Gasteiger partial charge in [0, 0.05) is 23.8 Å². The summed E-state index contributed by atoms with van der Waals surface area (Å²) >= 11 is 1.75. The first kappa shape index (κ1) is 11.0. The highest BCUT2D eigenvalue weighted by Crippen LogP contribution is 2.22. The summed E-state index contributed by atoms with van der Waals surface area (Å²) in [6, 6.07) is 4.48. The number of rotatable bonds is 5. The summed E-state index contributed by atoms with van der Waals surface area (Å²) in [7, 11) is 0. The SMILES string of the molecule is C=CCn1ccnc1NC(C)c1cccs1. The molecule has 0 aliphatic carbocycles. The smallest absolute Gasteiger partial charge is 0.203 e. The second-order valence-corrected chi connectivity index (χ2v) is 4.55. The van der Waals surface area contributed by atoms with Crippen LogP contribution < -0.4 is 5.32 Å². The summed E-state index contributed by atoms with van der Waals surface area (Å²) < 4.78 is 2.04. The normalized spacial score (nSPS) is 12.3. The Kier molecular flexibility index (Phi) is 3.41. The maximum atomic E-state index is 4.29. The van der Waals surface area contributed by atoms with E-state index in [-0.39, 0.29) is 6.04 Å². The highest BCUT2D eigenvalue weighted by Gasteiger charge is 2.08. The molecule has 4 heteroatoms. The molecule has 1 N–H and O–H groups in total. The van der Waals surface area contributed by atoms with E-state index in [1.54, 1.807) is 17.5 Å². The minimum Gasteiger partial charge on any atom is -0.348 e. The number of nitrogens with zero attached hydrogens (tertiary/aromatic N) is 2. The van der Waals surface area contributed by atoms with E-state index in [2.05, 4.69) is 41.3 Å². The van der Waals surface area contributed by atoms with Crippen molar-refractivity contribution in [2.75, 3.05) is 5.32 Å². The Morgan fingerprint density at radius 3 is 3.25 bits per heavy atom. The van der Waals surface area contributed by atoms with Crippen LogP contribution in [0.5, 0.6) is 0 Å². The summed E-state index contributed by atoms with van der Waals surface area (Å²) in [5, 5.41) is 5.48. The molecule has 84 valence electrons. The van der Waals surface area contributed by atoms with Crippen LogP contribution in [0.3, 0.4) is 0 Å². The van der Waals surface area contributed by atoms with Crippen molar-refractivity contribution in [3.63, 3.8) is 0 Å². The molecule has 0 radical (unpaired) electrons. The lowest BCUT2D eigenvalue weighted by molar-refractivity contribution is 0.790. The third-order valence-electron chi connectivity index (χ3n) is 2.36. The molecule has 0 fully saturated rings. The van der Waals surface area contributed by atoms with E-state index in [1.807, 2.05) is 16.8 Å². The van der Waals surface area contributed by atoms with Crippen molar-refractivity contribution >= 4 is 17.3 Å². The van der Waals surface area contributed by atoms with E-state index in [9.17, 15) is 0 Å². The third-order valence-corrected chi connectivity index (χ3v) is 3.41. The van der Waals surface area contributed by atoms with E-state index < -0.39 is 0 Å². The summed E-state index contributed by atoms with van der Waals surface area (Å²) in [6.07, 6.45) is 5.61. The minimum absolute atomic E-state index is 0.283. The van der Waals surface area contributed by atoms with Crippen molar-refractivity contribution in [1.82, 2.24) is 9.55 Å². The number of hydrogen-bond acceptors (Lipinski definition) is 3. The van der Waals surface area contributed by atoms with E-state index in [4.69, 9.17) is 0 Å². The van der Waals surface area contributed by atoms with Crippen LogP contribution in [0.15, 0.2) is 42.6 Å². The molecule has 2 rings (SSSR count). The Morgan fingerprint density at radius 1 is 1.69 bits per heavy atom. The molecule has 0 saturated heterocycles.